The monoisotopic (exact) mass is 214 g/mol. The molecule has 0 bridgehead atoms. The van der Waals surface area contributed by atoms with Crippen LogP contribution in [0.3, 0.4) is 0 Å². The van der Waals surface area contributed by atoms with Gasteiger partial charge in [0.2, 0.25) is 5.91 Å². The Morgan fingerprint density at radius 2 is 1.93 bits per heavy atom. The zero-order valence-corrected chi connectivity index (χ0v) is 9.90. The Morgan fingerprint density at radius 1 is 1.40 bits per heavy atom. The number of amides is 1. The fourth-order valence-corrected chi connectivity index (χ4v) is 1.77. The van der Waals surface area contributed by atoms with Crippen LogP contribution in [-0.4, -0.2) is 43.2 Å². The van der Waals surface area contributed by atoms with Crippen LogP contribution in [0.25, 0.3) is 0 Å². The lowest BCUT2D eigenvalue weighted by atomic mass is 9.91. The molecule has 88 valence electrons. The van der Waals surface area contributed by atoms with Gasteiger partial charge < -0.3 is 15.4 Å². The maximum atomic E-state index is 11.9. The standard InChI is InChI=1S/C11H22N2O2/c1-8(2)13(3)11(14)10(12)9-4-6-15-7-5-9/h8-10H,4-7,12H2,1-3H3. The van der Waals surface area contributed by atoms with Crippen LogP contribution in [0.4, 0.5) is 0 Å². The summed E-state index contributed by atoms with van der Waals surface area (Å²) in [5.41, 5.74) is 5.98. The lowest BCUT2D eigenvalue weighted by molar-refractivity contribution is -0.134. The van der Waals surface area contributed by atoms with E-state index in [1.54, 1.807) is 4.90 Å². The molecule has 0 aliphatic carbocycles. The summed E-state index contributed by atoms with van der Waals surface area (Å²) < 4.78 is 5.26. The average molecular weight is 214 g/mol. The van der Waals surface area contributed by atoms with E-state index in [2.05, 4.69) is 0 Å². The minimum atomic E-state index is -0.360. The number of nitrogens with two attached hydrogens (primary N) is 1. The normalized spacial score (nSPS) is 20.3. The molecule has 0 aromatic heterocycles. The molecule has 1 saturated heterocycles. The molecule has 0 radical (unpaired) electrons. The Labute approximate surface area is 91.8 Å². The third kappa shape index (κ3) is 3.18. The number of carbonyl (C=O) groups is 1. The van der Waals surface area contributed by atoms with E-state index in [0.29, 0.717) is 0 Å². The first-order valence-electron chi connectivity index (χ1n) is 5.64. The van der Waals surface area contributed by atoms with Gasteiger partial charge >= 0.3 is 0 Å². The minimum Gasteiger partial charge on any atom is -0.381 e. The zero-order valence-electron chi connectivity index (χ0n) is 9.90. The summed E-state index contributed by atoms with van der Waals surface area (Å²) in [4.78, 5) is 13.7. The topological polar surface area (TPSA) is 55.6 Å². The lowest BCUT2D eigenvalue weighted by Crippen LogP contribution is -2.49. The number of ether oxygens (including phenoxy) is 1. The van der Waals surface area contributed by atoms with Crippen LogP contribution in [-0.2, 0) is 9.53 Å². The number of likely N-dealkylation sites (N-methyl/N-ethyl adjacent to an activating group) is 1. The van der Waals surface area contributed by atoms with E-state index in [4.69, 9.17) is 10.5 Å². The second-order valence-corrected chi connectivity index (χ2v) is 4.52. The van der Waals surface area contributed by atoms with Crippen LogP contribution in [0, 0.1) is 5.92 Å². The summed E-state index contributed by atoms with van der Waals surface area (Å²) in [6, 6.07) is -0.148. The van der Waals surface area contributed by atoms with Gasteiger partial charge in [-0.25, -0.2) is 0 Å². The van der Waals surface area contributed by atoms with Crippen LogP contribution in [0.1, 0.15) is 26.7 Å². The molecular weight excluding hydrogens is 192 g/mol. The summed E-state index contributed by atoms with van der Waals surface area (Å²) in [5, 5.41) is 0. The second-order valence-electron chi connectivity index (χ2n) is 4.52. The predicted molar refractivity (Wildman–Crippen MR) is 59.4 cm³/mol. The van der Waals surface area contributed by atoms with Crippen molar-refractivity contribution >= 4 is 5.91 Å². The Balaban J connectivity index is 2.50. The molecule has 1 aliphatic rings. The van der Waals surface area contributed by atoms with E-state index >= 15 is 0 Å². The van der Waals surface area contributed by atoms with Crippen LogP contribution < -0.4 is 5.73 Å². The predicted octanol–water partition coefficient (Wildman–Crippen LogP) is 0.607. The van der Waals surface area contributed by atoms with Crippen molar-refractivity contribution in [1.29, 1.82) is 0 Å². The quantitative estimate of drug-likeness (QED) is 0.749. The SMILES string of the molecule is CC(C)N(C)C(=O)C(N)C1CCOCC1. The number of hydrogen-bond donors (Lipinski definition) is 1. The van der Waals surface area contributed by atoms with Crippen LogP contribution in [0.2, 0.25) is 0 Å². The zero-order chi connectivity index (χ0) is 11.4. The van der Waals surface area contributed by atoms with Gasteiger partial charge in [0.25, 0.3) is 0 Å². The molecule has 1 amide bonds. The van der Waals surface area contributed by atoms with Gasteiger partial charge in [-0.2, -0.15) is 0 Å². The van der Waals surface area contributed by atoms with E-state index in [0.717, 1.165) is 26.1 Å². The highest BCUT2D eigenvalue weighted by Gasteiger charge is 2.29. The van der Waals surface area contributed by atoms with E-state index < -0.39 is 0 Å². The third-order valence-electron chi connectivity index (χ3n) is 3.18. The Bertz CT molecular complexity index is 213. The van der Waals surface area contributed by atoms with Crippen molar-refractivity contribution in [1.82, 2.24) is 4.90 Å². The number of nitrogens with zero attached hydrogens (tertiary/aromatic N) is 1. The van der Waals surface area contributed by atoms with Crippen molar-refractivity contribution in [3.63, 3.8) is 0 Å². The van der Waals surface area contributed by atoms with Crippen LogP contribution in [0.5, 0.6) is 0 Å². The van der Waals surface area contributed by atoms with Gasteiger partial charge in [-0.05, 0) is 32.6 Å². The number of carbonyl (C=O) groups excluding carboxylic acids is 1. The molecule has 4 heteroatoms. The smallest absolute Gasteiger partial charge is 0.239 e. The van der Waals surface area contributed by atoms with E-state index in [-0.39, 0.29) is 23.9 Å². The molecular formula is C11H22N2O2. The molecule has 15 heavy (non-hydrogen) atoms. The van der Waals surface area contributed by atoms with Gasteiger partial charge in [0.1, 0.15) is 0 Å². The maximum absolute atomic E-state index is 11.9. The van der Waals surface area contributed by atoms with Crippen LogP contribution in [0.15, 0.2) is 0 Å². The summed E-state index contributed by atoms with van der Waals surface area (Å²) in [6.07, 6.45) is 1.80. The molecule has 4 nitrogen and oxygen atoms in total. The van der Waals surface area contributed by atoms with E-state index in [1.165, 1.54) is 0 Å². The maximum Gasteiger partial charge on any atom is 0.239 e. The first kappa shape index (κ1) is 12.5. The molecule has 1 rings (SSSR count). The van der Waals surface area contributed by atoms with E-state index in [9.17, 15) is 4.79 Å². The number of rotatable bonds is 3. The van der Waals surface area contributed by atoms with Gasteiger partial charge in [-0.3, -0.25) is 4.79 Å². The largest absolute Gasteiger partial charge is 0.381 e. The second kappa shape index (κ2) is 5.47. The lowest BCUT2D eigenvalue weighted by Gasteiger charge is -2.31. The molecule has 0 spiro atoms. The van der Waals surface area contributed by atoms with Gasteiger partial charge in [0.15, 0.2) is 0 Å². The fraction of sp³-hybridized carbons (Fsp3) is 0.909. The third-order valence-corrected chi connectivity index (χ3v) is 3.18. The Hall–Kier alpha value is -0.610. The first-order chi connectivity index (χ1) is 7.04. The van der Waals surface area contributed by atoms with Crippen molar-refractivity contribution in [2.24, 2.45) is 11.7 Å². The summed E-state index contributed by atoms with van der Waals surface area (Å²) >= 11 is 0. The summed E-state index contributed by atoms with van der Waals surface area (Å²) in [6.45, 7) is 5.46. The minimum absolute atomic E-state index is 0.0527. The molecule has 0 aromatic rings. The Kier molecular flexibility index (Phi) is 4.54. The molecule has 1 unspecified atom stereocenters. The van der Waals surface area contributed by atoms with Crippen molar-refractivity contribution in [2.45, 2.75) is 38.8 Å². The summed E-state index contributed by atoms with van der Waals surface area (Å²) in [5.74, 6) is 0.337. The highest BCUT2D eigenvalue weighted by molar-refractivity contribution is 5.82. The molecule has 1 heterocycles. The van der Waals surface area contributed by atoms with Crippen molar-refractivity contribution in [2.75, 3.05) is 20.3 Å². The molecule has 1 aliphatic heterocycles. The highest BCUT2D eigenvalue weighted by atomic mass is 16.5. The molecule has 2 N–H and O–H groups in total. The van der Waals surface area contributed by atoms with Crippen molar-refractivity contribution in [3.8, 4) is 0 Å². The van der Waals surface area contributed by atoms with Crippen LogP contribution >= 0.6 is 0 Å². The molecule has 1 fully saturated rings. The molecule has 1 atom stereocenters. The highest BCUT2D eigenvalue weighted by Crippen LogP contribution is 2.19. The fourth-order valence-electron chi connectivity index (χ4n) is 1.77. The number of hydrogen-bond acceptors (Lipinski definition) is 3. The first-order valence-corrected chi connectivity index (χ1v) is 5.64. The van der Waals surface area contributed by atoms with Gasteiger partial charge in [-0.15, -0.1) is 0 Å². The average Bonchev–Trinajstić information content (AvgIpc) is 2.27. The molecule has 0 saturated carbocycles. The van der Waals surface area contributed by atoms with Gasteiger partial charge in [0, 0.05) is 26.3 Å². The van der Waals surface area contributed by atoms with Crippen molar-refractivity contribution < 1.29 is 9.53 Å². The summed E-state index contributed by atoms with van der Waals surface area (Å²) in [7, 11) is 1.81. The Morgan fingerprint density at radius 3 is 2.40 bits per heavy atom. The molecule has 0 aromatic carbocycles. The van der Waals surface area contributed by atoms with Gasteiger partial charge in [0.05, 0.1) is 6.04 Å². The van der Waals surface area contributed by atoms with E-state index in [1.807, 2.05) is 20.9 Å². The van der Waals surface area contributed by atoms with Crippen molar-refractivity contribution in [3.05, 3.63) is 0 Å². The van der Waals surface area contributed by atoms with Gasteiger partial charge in [-0.1, -0.05) is 0 Å².